The lowest BCUT2D eigenvalue weighted by atomic mass is 9.70. The molecule has 4 heteroatoms. The van der Waals surface area contributed by atoms with Crippen LogP contribution in [0.4, 0.5) is 0 Å². The number of hydrogen-bond donors (Lipinski definition) is 3. The number of aliphatic hydroxyl groups is 1. The van der Waals surface area contributed by atoms with Crippen molar-refractivity contribution in [2.24, 2.45) is 16.6 Å². The Morgan fingerprint density at radius 3 is 1.81 bits per heavy atom. The second-order valence-electron chi connectivity index (χ2n) is 5.64. The Hall–Kier alpha value is -0.610. The fourth-order valence-electron chi connectivity index (χ4n) is 2.05. The van der Waals surface area contributed by atoms with Gasteiger partial charge >= 0.3 is 0 Å². The maximum absolute atomic E-state index is 11.1. The Kier molecular flexibility index (Phi) is 17.3. The SMILES string of the molecule is CC.CC.CCC(C)(CN)CC(C)(CC)CNC(=O)CO.[HH].[HH]. The fraction of sp³-hybridized carbons (Fsp3) is 0.941. The standard InChI is InChI=1S/C13H28N2O2.2C2H6.2H2/c1-5-12(3,9-14)8-13(4,6-2)10-15-11(17)7-16;2*1-2;;/h16H,5-10,14H2,1-4H3,(H,15,17);2*1-2H3;2*1H. The molecule has 0 aliphatic heterocycles. The van der Waals surface area contributed by atoms with Crippen molar-refractivity contribution in [1.82, 2.24) is 5.32 Å². The van der Waals surface area contributed by atoms with E-state index >= 15 is 0 Å². The van der Waals surface area contributed by atoms with Crippen molar-refractivity contribution < 1.29 is 12.8 Å². The monoisotopic (exact) mass is 308 g/mol. The highest BCUT2D eigenvalue weighted by Gasteiger charge is 2.32. The van der Waals surface area contributed by atoms with Crippen molar-refractivity contribution >= 4 is 5.91 Å². The summed E-state index contributed by atoms with van der Waals surface area (Å²) in [5.41, 5.74) is 5.99. The van der Waals surface area contributed by atoms with Gasteiger partial charge in [-0.15, -0.1) is 0 Å². The van der Waals surface area contributed by atoms with Gasteiger partial charge < -0.3 is 16.2 Å². The first kappa shape index (κ1) is 25.3. The van der Waals surface area contributed by atoms with Crippen molar-refractivity contribution in [2.75, 3.05) is 19.7 Å². The molecule has 0 fully saturated rings. The Morgan fingerprint density at radius 2 is 1.52 bits per heavy atom. The van der Waals surface area contributed by atoms with E-state index in [-0.39, 0.29) is 19.6 Å². The van der Waals surface area contributed by atoms with Gasteiger partial charge in [-0.3, -0.25) is 4.79 Å². The molecule has 0 aromatic rings. The van der Waals surface area contributed by atoms with E-state index in [0.717, 1.165) is 19.3 Å². The Labute approximate surface area is 135 Å². The van der Waals surface area contributed by atoms with Gasteiger partial charge in [0.15, 0.2) is 0 Å². The predicted octanol–water partition coefficient (Wildman–Crippen LogP) is 3.82. The minimum absolute atomic E-state index is 0. The summed E-state index contributed by atoms with van der Waals surface area (Å²) in [6.07, 6.45) is 3.00. The molecule has 0 saturated heterocycles. The number of carbonyl (C=O) groups excluding carboxylic acids is 1. The van der Waals surface area contributed by atoms with Crippen LogP contribution in [-0.4, -0.2) is 30.7 Å². The lowest BCUT2D eigenvalue weighted by molar-refractivity contribution is -0.124. The van der Waals surface area contributed by atoms with E-state index < -0.39 is 6.61 Å². The number of amides is 1. The molecule has 0 aromatic carbocycles. The highest BCUT2D eigenvalue weighted by Crippen LogP contribution is 2.37. The van der Waals surface area contributed by atoms with Crippen LogP contribution in [0.1, 0.15) is 77.5 Å². The minimum atomic E-state index is -0.443. The number of nitrogens with one attached hydrogen (secondary N) is 1. The molecule has 2 unspecified atom stereocenters. The van der Waals surface area contributed by atoms with Crippen molar-refractivity contribution in [1.29, 1.82) is 0 Å². The van der Waals surface area contributed by atoms with Gasteiger partial charge in [0.1, 0.15) is 6.61 Å². The molecule has 0 heterocycles. The maximum atomic E-state index is 11.1. The van der Waals surface area contributed by atoms with Crippen molar-refractivity contribution in [2.45, 2.75) is 74.7 Å². The molecule has 21 heavy (non-hydrogen) atoms. The Balaban J connectivity index is -0.000000166. The van der Waals surface area contributed by atoms with Gasteiger partial charge in [0.05, 0.1) is 0 Å². The van der Waals surface area contributed by atoms with E-state index in [9.17, 15) is 4.79 Å². The quantitative estimate of drug-likeness (QED) is 0.638. The van der Waals surface area contributed by atoms with Crippen molar-refractivity contribution in [3.8, 4) is 0 Å². The smallest absolute Gasteiger partial charge is 0.245 e. The summed E-state index contributed by atoms with van der Waals surface area (Å²) in [5.74, 6) is -0.310. The molecular weight excluding hydrogens is 264 g/mol. The van der Waals surface area contributed by atoms with Crippen LogP contribution >= 0.6 is 0 Å². The average molecular weight is 309 g/mol. The zero-order chi connectivity index (χ0) is 17.5. The number of hydrogen-bond acceptors (Lipinski definition) is 3. The van der Waals surface area contributed by atoms with Crippen LogP contribution in [0.2, 0.25) is 0 Å². The molecule has 0 aromatic heterocycles. The van der Waals surface area contributed by atoms with E-state index in [2.05, 4.69) is 33.0 Å². The lowest BCUT2D eigenvalue weighted by Crippen LogP contribution is -2.41. The summed E-state index contributed by atoms with van der Waals surface area (Å²) in [6.45, 7) is 17.4. The Morgan fingerprint density at radius 1 is 1.10 bits per heavy atom. The third-order valence-electron chi connectivity index (χ3n) is 3.91. The Bertz CT molecular complexity index is 251. The first-order valence-corrected chi connectivity index (χ1v) is 8.42. The summed E-state index contributed by atoms with van der Waals surface area (Å²) >= 11 is 0. The molecule has 134 valence electrons. The number of nitrogens with two attached hydrogens (primary N) is 1. The van der Waals surface area contributed by atoms with Crippen LogP contribution in [-0.2, 0) is 4.79 Å². The predicted molar refractivity (Wildman–Crippen MR) is 97.5 cm³/mol. The molecule has 4 N–H and O–H groups in total. The number of rotatable bonds is 8. The van der Waals surface area contributed by atoms with Crippen molar-refractivity contribution in [3.63, 3.8) is 0 Å². The molecule has 1 amide bonds. The third kappa shape index (κ3) is 11.7. The van der Waals surface area contributed by atoms with Gasteiger partial charge in [0.25, 0.3) is 0 Å². The average Bonchev–Trinajstić information content (AvgIpc) is 2.56. The van der Waals surface area contributed by atoms with Gasteiger partial charge in [-0.25, -0.2) is 0 Å². The molecule has 0 aliphatic carbocycles. The van der Waals surface area contributed by atoms with E-state index in [0.29, 0.717) is 13.1 Å². The highest BCUT2D eigenvalue weighted by atomic mass is 16.3. The summed E-state index contributed by atoms with van der Waals surface area (Å²) in [4.78, 5) is 11.1. The van der Waals surface area contributed by atoms with Crippen LogP contribution in [0.15, 0.2) is 0 Å². The zero-order valence-corrected chi connectivity index (χ0v) is 15.7. The molecule has 0 bridgehead atoms. The second kappa shape index (κ2) is 14.3. The molecule has 0 saturated carbocycles. The van der Waals surface area contributed by atoms with Crippen LogP contribution in [0.25, 0.3) is 0 Å². The van der Waals surface area contributed by atoms with Gasteiger partial charge in [-0.1, -0.05) is 55.4 Å². The van der Waals surface area contributed by atoms with Crippen LogP contribution in [0, 0.1) is 10.8 Å². The molecule has 0 radical (unpaired) electrons. The normalized spacial score (nSPS) is 15.3. The molecule has 4 nitrogen and oxygen atoms in total. The molecule has 0 aliphatic rings. The first-order chi connectivity index (χ1) is 9.84. The van der Waals surface area contributed by atoms with Gasteiger partial charge in [0, 0.05) is 9.40 Å². The summed E-state index contributed by atoms with van der Waals surface area (Å²) < 4.78 is 0. The third-order valence-corrected chi connectivity index (χ3v) is 3.91. The molecule has 0 rings (SSSR count). The van der Waals surface area contributed by atoms with Crippen LogP contribution in [0.3, 0.4) is 0 Å². The number of carbonyl (C=O) groups is 1. The van der Waals surface area contributed by atoms with E-state index in [4.69, 9.17) is 10.8 Å². The summed E-state index contributed by atoms with van der Waals surface area (Å²) in [5, 5.41) is 11.5. The zero-order valence-electron chi connectivity index (χ0n) is 15.7. The highest BCUT2D eigenvalue weighted by molar-refractivity contribution is 5.76. The fourth-order valence-corrected chi connectivity index (χ4v) is 2.05. The summed E-state index contributed by atoms with van der Waals surface area (Å²) in [6, 6.07) is 0. The van der Waals surface area contributed by atoms with Gasteiger partial charge in [0.2, 0.25) is 5.91 Å². The second-order valence-corrected chi connectivity index (χ2v) is 5.64. The summed E-state index contributed by atoms with van der Waals surface area (Å²) in [7, 11) is 0. The molecular formula is C17H44N2O2. The van der Waals surface area contributed by atoms with Gasteiger partial charge in [-0.05, 0) is 36.6 Å². The topological polar surface area (TPSA) is 75.3 Å². The van der Waals surface area contributed by atoms with E-state index in [1.165, 1.54) is 0 Å². The number of aliphatic hydroxyl groups excluding tert-OH is 1. The molecule has 2 atom stereocenters. The van der Waals surface area contributed by atoms with Crippen molar-refractivity contribution in [3.05, 3.63) is 0 Å². The molecule has 0 spiro atoms. The van der Waals surface area contributed by atoms with Crippen LogP contribution in [0.5, 0.6) is 0 Å². The van der Waals surface area contributed by atoms with Gasteiger partial charge in [-0.2, -0.15) is 0 Å². The maximum Gasteiger partial charge on any atom is 0.245 e. The first-order valence-electron chi connectivity index (χ1n) is 8.42. The minimum Gasteiger partial charge on any atom is -0.387 e. The lowest BCUT2D eigenvalue weighted by Gasteiger charge is -2.38. The van der Waals surface area contributed by atoms with Crippen LogP contribution < -0.4 is 11.1 Å². The largest absolute Gasteiger partial charge is 0.387 e. The van der Waals surface area contributed by atoms with E-state index in [1.54, 1.807) is 0 Å². The van der Waals surface area contributed by atoms with E-state index in [1.807, 2.05) is 27.7 Å².